The zero-order chi connectivity index (χ0) is 13.8. The molecule has 0 saturated heterocycles. The van der Waals surface area contributed by atoms with Crippen LogP contribution in [0.25, 0.3) is 0 Å². The average molecular weight is 328 g/mol. The van der Waals surface area contributed by atoms with E-state index >= 15 is 0 Å². The van der Waals surface area contributed by atoms with E-state index in [1.54, 1.807) is 18.3 Å². The van der Waals surface area contributed by atoms with Gasteiger partial charge in [0.15, 0.2) is 5.78 Å². The van der Waals surface area contributed by atoms with Gasteiger partial charge in [-0.15, -0.1) is 0 Å². The van der Waals surface area contributed by atoms with Gasteiger partial charge in [0.1, 0.15) is 5.75 Å². The molecule has 0 radical (unpaired) electrons. The summed E-state index contributed by atoms with van der Waals surface area (Å²) in [5.74, 6) is -0.385. The molecule has 98 valence electrons. The Hall–Kier alpha value is -1.82. The number of hydrogen-bond acceptors (Lipinski definition) is 3. The normalized spacial score (nSPS) is 10.5. The van der Waals surface area contributed by atoms with E-state index in [1.807, 2.05) is 0 Å². The van der Waals surface area contributed by atoms with Crippen molar-refractivity contribution in [2.75, 3.05) is 0 Å². The third-order valence-electron chi connectivity index (χ3n) is 2.33. The smallest absolute Gasteiger partial charge is 0.387 e. The van der Waals surface area contributed by atoms with E-state index in [0.29, 0.717) is 10.0 Å². The summed E-state index contributed by atoms with van der Waals surface area (Å²) in [5.41, 5.74) is 0.639. The van der Waals surface area contributed by atoms with Crippen LogP contribution in [0, 0.1) is 0 Å². The maximum Gasteiger partial charge on any atom is 0.387 e. The molecule has 6 heteroatoms. The monoisotopic (exact) mass is 327 g/mol. The molecule has 1 heterocycles. The molecule has 3 nitrogen and oxygen atoms in total. The summed E-state index contributed by atoms with van der Waals surface area (Å²) in [6.45, 7) is -2.94. The minimum absolute atomic E-state index is 0.0789. The fourth-order valence-electron chi connectivity index (χ4n) is 1.49. The molecule has 19 heavy (non-hydrogen) atoms. The number of alkyl halides is 2. The molecule has 0 fully saturated rings. The maximum atomic E-state index is 12.2. The highest BCUT2D eigenvalue weighted by atomic mass is 79.9. The number of ketones is 1. The molecule has 0 atom stereocenters. The van der Waals surface area contributed by atoms with Gasteiger partial charge in [-0.2, -0.15) is 8.78 Å². The Morgan fingerprint density at radius 3 is 2.68 bits per heavy atom. The summed E-state index contributed by atoms with van der Waals surface area (Å²) >= 11 is 3.08. The second-order valence-electron chi connectivity index (χ2n) is 3.59. The predicted octanol–water partition coefficient (Wildman–Crippen LogP) is 3.68. The lowest BCUT2D eigenvalue weighted by Gasteiger charge is -2.08. The van der Waals surface area contributed by atoms with Crippen LogP contribution in [0.2, 0.25) is 0 Å². The number of hydrogen-bond donors (Lipinski definition) is 0. The molecule has 0 bridgehead atoms. The van der Waals surface area contributed by atoms with Crippen LogP contribution in [0.3, 0.4) is 0 Å². The Balaban J connectivity index is 2.33. The first-order valence-corrected chi connectivity index (χ1v) is 6.06. The van der Waals surface area contributed by atoms with Crippen molar-refractivity contribution >= 4 is 21.7 Å². The number of halogens is 3. The minimum atomic E-state index is -2.94. The largest absolute Gasteiger partial charge is 0.434 e. The molecule has 0 aliphatic heterocycles. The predicted molar refractivity (Wildman–Crippen MR) is 68.4 cm³/mol. The zero-order valence-electron chi connectivity index (χ0n) is 9.52. The van der Waals surface area contributed by atoms with Crippen molar-refractivity contribution in [3.05, 3.63) is 58.3 Å². The van der Waals surface area contributed by atoms with Crippen LogP contribution in [-0.4, -0.2) is 17.4 Å². The first-order chi connectivity index (χ1) is 9.08. The molecular weight excluding hydrogens is 320 g/mol. The molecule has 0 saturated carbocycles. The van der Waals surface area contributed by atoms with Crippen molar-refractivity contribution in [3.8, 4) is 5.75 Å². The van der Waals surface area contributed by atoms with Crippen LogP contribution in [0.15, 0.2) is 47.2 Å². The summed E-state index contributed by atoms with van der Waals surface area (Å²) in [5, 5.41) is 0. The van der Waals surface area contributed by atoms with Crippen molar-refractivity contribution in [2.45, 2.75) is 6.61 Å². The van der Waals surface area contributed by atoms with Gasteiger partial charge in [0, 0.05) is 23.5 Å². The number of rotatable bonds is 4. The number of pyridine rings is 1. The summed E-state index contributed by atoms with van der Waals surface area (Å²) in [4.78, 5) is 15.9. The quantitative estimate of drug-likeness (QED) is 0.804. The van der Waals surface area contributed by atoms with Gasteiger partial charge in [0.2, 0.25) is 0 Å². The first kappa shape index (κ1) is 13.6. The molecule has 2 aromatic rings. The van der Waals surface area contributed by atoms with Crippen LogP contribution < -0.4 is 4.74 Å². The van der Waals surface area contributed by atoms with Crippen molar-refractivity contribution in [1.29, 1.82) is 0 Å². The Labute approximate surface area is 116 Å². The van der Waals surface area contributed by atoms with Gasteiger partial charge < -0.3 is 4.74 Å². The van der Waals surface area contributed by atoms with Crippen LogP contribution >= 0.6 is 15.9 Å². The van der Waals surface area contributed by atoms with Crippen molar-refractivity contribution in [2.24, 2.45) is 0 Å². The van der Waals surface area contributed by atoms with E-state index in [1.165, 1.54) is 24.4 Å². The standard InChI is InChI=1S/C13H8BrF2NO2/c14-10-4-3-8(6-11(10)19-13(15)16)12(18)9-2-1-5-17-7-9/h1-7,13H. The van der Waals surface area contributed by atoms with E-state index in [9.17, 15) is 13.6 Å². The summed E-state index contributed by atoms with van der Waals surface area (Å²) in [6.07, 6.45) is 2.96. The van der Waals surface area contributed by atoms with Gasteiger partial charge in [-0.3, -0.25) is 9.78 Å². The van der Waals surface area contributed by atoms with Crippen molar-refractivity contribution in [1.82, 2.24) is 4.98 Å². The highest BCUT2D eigenvalue weighted by Gasteiger charge is 2.14. The lowest BCUT2D eigenvalue weighted by molar-refractivity contribution is -0.0503. The van der Waals surface area contributed by atoms with Gasteiger partial charge in [-0.25, -0.2) is 0 Å². The molecule has 2 rings (SSSR count). The van der Waals surface area contributed by atoms with Gasteiger partial charge >= 0.3 is 6.61 Å². The van der Waals surface area contributed by atoms with Crippen LogP contribution in [0.5, 0.6) is 5.75 Å². The maximum absolute atomic E-state index is 12.2. The number of carbonyl (C=O) groups excluding carboxylic acids is 1. The van der Waals surface area contributed by atoms with E-state index < -0.39 is 6.61 Å². The third-order valence-corrected chi connectivity index (χ3v) is 2.99. The minimum Gasteiger partial charge on any atom is -0.434 e. The third kappa shape index (κ3) is 3.35. The Morgan fingerprint density at radius 2 is 2.05 bits per heavy atom. The number of carbonyl (C=O) groups is 1. The summed E-state index contributed by atoms with van der Waals surface area (Å²) in [7, 11) is 0. The molecular formula is C13H8BrF2NO2. The number of benzene rings is 1. The topological polar surface area (TPSA) is 39.2 Å². The van der Waals surface area contributed by atoms with Crippen LogP contribution in [0.4, 0.5) is 8.78 Å². The molecule has 0 spiro atoms. The van der Waals surface area contributed by atoms with E-state index in [-0.39, 0.29) is 17.1 Å². The molecule has 1 aromatic carbocycles. The second kappa shape index (κ2) is 5.88. The van der Waals surface area contributed by atoms with Gasteiger partial charge in [-0.1, -0.05) is 0 Å². The number of nitrogens with zero attached hydrogens (tertiary/aromatic N) is 1. The average Bonchev–Trinajstić information content (AvgIpc) is 2.41. The van der Waals surface area contributed by atoms with Crippen molar-refractivity contribution in [3.63, 3.8) is 0 Å². The van der Waals surface area contributed by atoms with Crippen LogP contribution in [-0.2, 0) is 0 Å². The van der Waals surface area contributed by atoms with E-state index in [0.717, 1.165) is 0 Å². The SMILES string of the molecule is O=C(c1cccnc1)c1ccc(Br)c(OC(F)F)c1. The highest BCUT2D eigenvalue weighted by Crippen LogP contribution is 2.28. The Morgan fingerprint density at radius 1 is 1.26 bits per heavy atom. The van der Waals surface area contributed by atoms with Gasteiger partial charge in [0.25, 0.3) is 0 Å². The Bertz CT molecular complexity index is 590. The number of aromatic nitrogens is 1. The second-order valence-corrected chi connectivity index (χ2v) is 4.45. The Kier molecular flexibility index (Phi) is 4.21. The molecule has 0 aliphatic carbocycles. The van der Waals surface area contributed by atoms with Gasteiger partial charge in [-0.05, 0) is 46.3 Å². The fourth-order valence-corrected chi connectivity index (χ4v) is 1.83. The van der Waals surface area contributed by atoms with Gasteiger partial charge in [0.05, 0.1) is 4.47 Å². The molecule has 0 N–H and O–H groups in total. The first-order valence-electron chi connectivity index (χ1n) is 5.27. The van der Waals surface area contributed by atoms with Crippen LogP contribution in [0.1, 0.15) is 15.9 Å². The highest BCUT2D eigenvalue weighted by molar-refractivity contribution is 9.10. The summed E-state index contributed by atoms with van der Waals surface area (Å²) in [6, 6.07) is 7.51. The van der Waals surface area contributed by atoms with E-state index in [4.69, 9.17) is 0 Å². The molecule has 0 aliphatic rings. The van der Waals surface area contributed by atoms with E-state index in [2.05, 4.69) is 25.7 Å². The molecule has 1 aromatic heterocycles. The van der Waals surface area contributed by atoms with Crippen molar-refractivity contribution < 1.29 is 18.3 Å². The molecule has 0 amide bonds. The lowest BCUT2D eigenvalue weighted by atomic mass is 10.1. The lowest BCUT2D eigenvalue weighted by Crippen LogP contribution is -2.05. The molecule has 0 unspecified atom stereocenters. The number of ether oxygens (including phenoxy) is 1. The fraction of sp³-hybridized carbons (Fsp3) is 0.0769. The summed E-state index contributed by atoms with van der Waals surface area (Å²) < 4.78 is 29.1. The zero-order valence-corrected chi connectivity index (χ0v) is 11.1.